The zero-order chi connectivity index (χ0) is 23.4. The highest BCUT2D eigenvalue weighted by molar-refractivity contribution is 7.80. The van der Waals surface area contributed by atoms with E-state index in [1.807, 2.05) is 14.1 Å². The number of hydrogen-bond donors (Lipinski definition) is 3. The summed E-state index contributed by atoms with van der Waals surface area (Å²) in [5, 5.41) is 21.4. The van der Waals surface area contributed by atoms with E-state index in [4.69, 9.17) is 22.2 Å². The minimum Gasteiger partial charge on any atom is -0.362 e. The van der Waals surface area contributed by atoms with Gasteiger partial charge in [0.05, 0.1) is 10.6 Å². The van der Waals surface area contributed by atoms with Crippen LogP contribution in [0.2, 0.25) is 0 Å². The Labute approximate surface area is 199 Å². The summed E-state index contributed by atoms with van der Waals surface area (Å²) in [4.78, 5) is 22.3. The zero-order valence-corrected chi connectivity index (χ0v) is 20.0. The number of nitro benzene ring substituents is 1. The van der Waals surface area contributed by atoms with E-state index in [9.17, 15) is 10.1 Å². The van der Waals surface area contributed by atoms with Gasteiger partial charge in [-0.2, -0.15) is 4.98 Å². The number of rotatable bonds is 6. The molecule has 0 unspecified atom stereocenters. The van der Waals surface area contributed by atoms with Gasteiger partial charge in [0.1, 0.15) is 5.82 Å². The van der Waals surface area contributed by atoms with Crippen molar-refractivity contribution in [1.29, 1.82) is 0 Å². The molecule has 1 aromatic heterocycles. The summed E-state index contributed by atoms with van der Waals surface area (Å²) in [6.45, 7) is 0. The second kappa shape index (κ2) is 10.3. The maximum Gasteiger partial charge on any atom is 0.271 e. The third-order valence-corrected chi connectivity index (χ3v) is 6.52. The molecular formula is C23H31N7O2S. The molecule has 0 aliphatic heterocycles. The van der Waals surface area contributed by atoms with Crippen molar-refractivity contribution in [1.82, 2.24) is 15.3 Å². The van der Waals surface area contributed by atoms with Crippen LogP contribution in [0.4, 0.5) is 23.1 Å². The van der Waals surface area contributed by atoms with Gasteiger partial charge in [-0.3, -0.25) is 10.1 Å². The summed E-state index contributed by atoms with van der Waals surface area (Å²) >= 11 is 5.42. The largest absolute Gasteiger partial charge is 0.362 e. The number of hydrogen-bond acceptors (Lipinski definition) is 7. The Morgan fingerprint density at radius 2 is 1.85 bits per heavy atom. The number of aromatic nitrogens is 2. The van der Waals surface area contributed by atoms with Crippen molar-refractivity contribution in [3.63, 3.8) is 0 Å². The SMILES string of the molecule is CN(C)c1nc(NC2CCC(NC(=S)Nc3cccc([N+](=O)[O-])c3)CC2)nc2c1CCCC2. The molecule has 3 N–H and O–H groups in total. The molecule has 33 heavy (non-hydrogen) atoms. The van der Waals surface area contributed by atoms with E-state index in [1.165, 1.54) is 36.2 Å². The van der Waals surface area contributed by atoms with Crippen LogP contribution in [-0.2, 0) is 12.8 Å². The standard InChI is InChI=1S/C23H31N7O2S/c1-29(2)21-19-8-3-4-9-20(19)27-22(28-21)24-15-10-12-16(13-11-15)25-23(33)26-17-6-5-7-18(14-17)30(31)32/h5-7,14-16H,3-4,8-13H2,1-2H3,(H,24,27,28)(H2,25,26,33). The van der Waals surface area contributed by atoms with Crippen LogP contribution in [0.3, 0.4) is 0 Å². The lowest BCUT2D eigenvalue weighted by Gasteiger charge is -2.31. The zero-order valence-electron chi connectivity index (χ0n) is 19.1. The molecule has 1 fully saturated rings. The molecule has 0 atom stereocenters. The molecule has 1 aromatic carbocycles. The predicted octanol–water partition coefficient (Wildman–Crippen LogP) is 4.04. The summed E-state index contributed by atoms with van der Waals surface area (Å²) < 4.78 is 0. The molecule has 2 aliphatic carbocycles. The molecule has 10 heteroatoms. The van der Waals surface area contributed by atoms with E-state index in [-0.39, 0.29) is 11.7 Å². The molecule has 176 valence electrons. The molecule has 0 bridgehead atoms. The van der Waals surface area contributed by atoms with Gasteiger partial charge in [-0.15, -0.1) is 0 Å². The second-order valence-electron chi connectivity index (χ2n) is 9.00. The van der Waals surface area contributed by atoms with Crippen molar-refractivity contribution in [2.24, 2.45) is 0 Å². The summed E-state index contributed by atoms with van der Waals surface area (Å²) in [5.74, 6) is 1.77. The average molecular weight is 470 g/mol. The van der Waals surface area contributed by atoms with E-state index in [0.717, 1.165) is 50.3 Å². The van der Waals surface area contributed by atoms with Gasteiger partial charge < -0.3 is 20.9 Å². The first-order valence-corrected chi connectivity index (χ1v) is 12.0. The van der Waals surface area contributed by atoms with Gasteiger partial charge in [0, 0.05) is 49.6 Å². The van der Waals surface area contributed by atoms with Crippen LogP contribution in [0.25, 0.3) is 0 Å². The fourth-order valence-electron chi connectivity index (χ4n) is 4.62. The lowest BCUT2D eigenvalue weighted by Crippen LogP contribution is -2.42. The van der Waals surface area contributed by atoms with E-state index in [0.29, 0.717) is 16.8 Å². The van der Waals surface area contributed by atoms with E-state index < -0.39 is 4.92 Å². The maximum absolute atomic E-state index is 11.0. The topological polar surface area (TPSA) is 108 Å². The van der Waals surface area contributed by atoms with Gasteiger partial charge in [0.2, 0.25) is 5.95 Å². The van der Waals surface area contributed by atoms with Gasteiger partial charge in [0.15, 0.2) is 5.11 Å². The smallest absolute Gasteiger partial charge is 0.271 e. The third kappa shape index (κ3) is 5.87. The summed E-state index contributed by atoms with van der Waals surface area (Å²) in [5.41, 5.74) is 3.14. The highest BCUT2D eigenvalue weighted by Crippen LogP contribution is 2.29. The molecule has 4 rings (SSSR count). The molecule has 2 aliphatic rings. The Hall–Kier alpha value is -3.01. The molecular weight excluding hydrogens is 438 g/mol. The highest BCUT2D eigenvalue weighted by atomic mass is 32.1. The van der Waals surface area contributed by atoms with E-state index >= 15 is 0 Å². The molecule has 0 spiro atoms. The van der Waals surface area contributed by atoms with Crippen molar-refractivity contribution < 1.29 is 4.92 Å². The number of nitrogens with one attached hydrogen (secondary N) is 3. The highest BCUT2D eigenvalue weighted by Gasteiger charge is 2.24. The van der Waals surface area contributed by atoms with Crippen LogP contribution >= 0.6 is 12.2 Å². The fraction of sp³-hybridized carbons (Fsp3) is 0.522. The number of aryl methyl sites for hydroxylation is 1. The first-order valence-electron chi connectivity index (χ1n) is 11.5. The Kier molecular flexibility index (Phi) is 7.22. The van der Waals surface area contributed by atoms with Crippen LogP contribution in [0.5, 0.6) is 0 Å². The first kappa shape index (κ1) is 23.2. The lowest BCUT2D eigenvalue weighted by molar-refractivity contribution is -0.384. The molecule has 2 aromatic rings. The molecule has 0 amide bonds. The predicted molar refractivity (Wildman–Crippen MR) is 135 cm³/mol. The monoisotopic (exact) mass is 469 g/mol. The van der Waals surface area contributed by atoms with Gasteiger partial charge in [0.25, 0.3) is 5.69 Å². The van der Waals surface area contributed by atoms with Crippen LogP contribution in [0.1, 0.15) is 49.8 Å². The number of nitro groups is 1. The van der Waals surface area contributed by atoms with Gasteiger partial charge in [-0.25, -0.2) is 4.98 Å². The average Bonchev–Trinajstić information content (AvgIpc) is 2.80. The molecule has 9 nitrogen and oxygen atoms in total. The molecule has 0 saturated heterocycles. The lowest BCUT2D eigenvalue weighted by atomic mass is 9.91. The van der Waals surface area contributed by atoms with Crippen LogP contribution < -0.4 is 20.9 Å². The van der Waals surface area contributed by atoms with Crippen LogP contribution in [0, 0.1) is 10.1 Å². The molecule has 1 saturated carbocycles. The quantitative estimate of drug-likeness (QED) is 0.328. The minimum absolute atomic E-state index is 0.0382. The number of nitrogens with zero attached hydrogens (tertiary/aromatic N) is 4. The van der Waals surface area contributed by atoms with Crippen molar-refractivity contribution in [2.75, 3.05) is 29.6 Å². The van der Waals surface area contributed by atoms with Gasteiger partial charge in [-0.05, 0) is 69.7 Å². The summed E-state index contributed by atoms with van der Waals surface area (Å²) in [6, 6.07) is 6.95. The van der Waals surface area contributed by atoms with Crippen molar-refractivity contribution in [3.8, 4) is 0 Å². The Morgan fingerprint density at radius 3 is 2.58 bits per heavy atom. The number of non-ortho nitro benzene ring substituents is 1. The summed E-state index contributed by atoms with van der Waals surface area (Å²) in [7, 11) is 4.09. The number of benzene rings is 1. The van der Waals surface area contributed by atoms with Gasteiger partial charge in [-0.1, -0.05) is 6.07 Å². The minimum atomic E-state index is -0.413. The number of thiocarbonyl (C=S) groups is 1. The van der Waals surface area contributed by atoms with Crippen LogP contribution in [0.15, 0.2) is 24.3 Å². The van der Waals surface area contributed by atoms with Crippen molar-refractivity contribution >= 4 is 40.5 Å². The van der Waals surface area contributed by atoms with Crippen molar-refractivity contribution in [2.45, 2.75) is 63.5 Å². The van der Waals surface area contributed by atoms with Gasteiger partial charge >= 0.3 is 0 Å². The van der Waals surface area contributed by atoms with E-state index in [1.54, 1.807) is 12.1 Å². The number of anilines is 3. The number of fused-ring (bicyclic) bond motifs is 1. The Bertz CT molecular complexity index is 1020. The van der Waals surface area contributed by atoms with Crippen molar-refractivity contribution in [3.05, 3.63) is 45.6 Å². The molecule has 1 heterocycles. The maximum atomic E-state index is 11.0. The Morgan fingerprint density at radius 1 is 1.12 bits per heavy atom. The second-order valence-corrected chi connectivity index (χ2v) is 9.40. The third-order valence-electron chi connectivity index (χ3n) is 6.30. The fourth-order valence-corrected chi connectivity index (χ4v) is 4.91. The normalized spacial score (nSPS) is 19.8. The molecule has 0 radical (unpaired) electrons. The first-order chi connectivity index (χ1) is 15.9. The van der Waals surface area contributed by atoms with Crippen LogP contribution in [-0.4, -0.2) is 46.2 Å². The Balaban J connectivity index is 1.29. The van der Waals surface area contributed by atoms with E-state index in [2.05, 4.69) is 20.9 Å². The summed E-state index contributed by atoms with van der Waals surface area (Å²) in [6.07, 6.45) is 8.42.